The van der Waals surface area contributed by atoms with Gasteiger partial charge < -0.3 is 15.7 Å². The van der Waals surface area contributed by atoms with Crippen LogP contribution in [0, 0.1) is 6.92 Å². The minimum atomic E-state index is 0.0600. The molecule has 0 bridgehead atoms. The van der Waals surface area contributed by atoms with Gasteiger partial charge in [0.2, 0.25) is 5.95 Å². The summed E-state index contributed by atoms with van der Waals surface area (Å²) in [6.07, 6.45) is 2.37. The van der Waals surface area contributed by atoms with Crippen LogP contribution in [0.5, 0.6) is 0 Å². The quantitative estimate of drug-likeness (QED) is 0.732. The van der Waals surface area contributed by atoms with Gasteiger partial charge in [0.25, 0.3) is 0 Å². The predicted molar refractivity (Wildman–Crippen MR) is 91.7 cm³/mol. The third kappa shape index (κ3) is 3.56. The Kier molecular flexibility index (Phi) is 4.59. The lowest BCUT2D eigenvalue weighted by Crippen LogP contribution is -2.10. The van der Waals surface area contributed by atoms with E-state index in [-0.39, 0.29) is 6.61 Å². The summed E-state index contributed by atoms with van der Waals surface area (Å²) >= 11 is 3.54. The monoisotopic (exact) mass is 362 g/mol. The fourth-order valence-electron chi connectivity index (χ4n) is 2.25. The van der Waals surface area contributed by atoms with Crippen LogP contribution < -0.4 is 10.6 Å². The summed E-state index contributed by atoms with van der Waals surface area (Å²) in [5.41, 5.74) is 3.22. The van der Waals surface area contributed by atoms with Gasteiger partial charge in [0, 0.05) is 28.7 Å². The molecule has 1 aromatic carbocycles. The Morgan fingerprint density at radius 3 is 2.86 bits per heavy atom. The van der Waals surface area contributed by atoms with Crippen molar-refractivity contribution in [3.8, 4) is 0 Å². The molecule has 0 saturated heterocycles. The first-order valence-electron chi connectivity index (χ1n) is 7.43. The second-order valence-electron chi connectivity index (χ2n) is 5.46. The maximum absolute atomic E-state index is 8.95. The summed E-state index contributed by atoms with van der Waals surface area (Å²) in [4.78, 5) is 9.02. The van der Waals surface area contributed by atoms with Crippen LogP contribution in [0.4, 0.5) is 17.5 Å². The molecule has 0 unspecified atom stereocenters. The summed E-state index contributed by atoms with van der Waals surface area (Å²) < 4.78 is 1.06. The summed E-state index contributed by atoms with van der Waals surface area (Å²) in [5, 5.41) is 15.4. The molecular weight excluding hydrogens is 344 g/mol. The molecule has 3 N–H and O–H groups in total. The van der Waals surface area contributed by atoms with Crippen LogP contribution in [-0.4, -0.2) is 28.2 Å². The van der Waals surface area contributed by atoms with Gasteiger partial charge in [-0.3, -0.25) is 0 Å². The lowest BCUT2D eigenvalue weighted by atomic mass is 10.2. The van der Waals surface area contributed by atoms with E-state index in [1.165, 1.54) is 12.8 Å². The Hall–Kier alpha value is -1.66. The molecule has 2 aromatic rings. The fourth-order valence-corrected chi connectivity index (χ4v) is 2.61. The van der Waals surface area contributed by atoms with E-state index >= 15 is 0 Å². The molecule has 22 heavy (non-hydrogen) atoms. The highest BCUT2D eigenvalue weighted by atomic mass is 79.9. The normalized spacial score (nSPS) is 14.0. The average molecular weight is 363 g/mol. The van der Waals surface area contributed by atoms with Gasteiger partial charge in [-0.1, -0.05) is 22.0 Å². The zero-order chi connectivity index (χ0) is 15.5. The average Bonchev–Trinajstić information content (AvgIpc) is 3.34. The fraction of sp³-hybridized carbons (Fsp3) is 0.375. The van der Waals surface area contributed by atoms with Crippen molar-refractivity contribution in [2.75, 3.05) is 23.8 Å². The second kappa shape index (κ2) is 6.62. The highest BCUT2D eigenvalue weighted by Gasteiger charge is 2.26. The number of halogens is 1. The van der Waals surface area contributed by atoms with E-state index in [9.17, 15) is 0 Å². The van der Waals surface area contributed by atoms with Crippen LogP contribution in [0.3, 0.4) is 0 Å². The van der Waals surface area contributed by atoms with Gasteiger partial charge in [0.1, 0.15) is 5.82 Å². The number of aliphatic hydroxyl groups is 1. The number of hydrogen-bond donors (Lipinski definition) is 3. The summed E-state index contributed by atoms with van der Waals surface area (Å²) in [7, 11) is 0. The topological polar surface area (TPSA) is 70.1 Å². The zero-order valence-corrected chi connectivity index (χ0v) is 14.0. The first-order chi connectivity index (χ1) is 10.7. The van der Waals surface area contributed by atoms with Crippen LogP contribution in [-0.2, 0) is 0 Å². The number of benzene rings is 1. The predicted octanol–water partition coefficient (Wildman–Crippen LogP) is 3.57. The summed E-state index contributed by atoms with van der Waals surface area (Å²) in [6, 6.07) is 8.06. The number of nitrogens with one attached hydrogen (secondary N) is 2. The largest absolute Gasteiger partial charge is 0.395 e. The molecule has 0 amide bonds. The van der Waals surface area contributed by atoms with Gasteiger partial charge in [0.05, 0.1) is 12.3 Å². The van der Waals surface area contributed by atoms with Crippen molar-refractivity contribution in [1.29, 1.82) is 0 Å². The third-order valence-electron chi connectivity index (χ3n) is 3.67. The number of nitrogens with zero attached hydrogens (tertiary/aromatic N) is 2. The van der Waals surface area contributed by atoms with E-state index in [0.717, 1.165) is 27.2 Å². The molecule has 1 aromatic heterocycles. The number of anilines is 3. The molecule has 0 aliphatic heterocycles. The molecule has 0 radical (unpaired) electrons. The first kappa shape index (κ1) is 15.2. The Morgan fingerprint density at radius 2 is 2.14 bits per heavy atom. The van der Waals surface area contributed by atoms with Crippen LogP contribution in [0.1, 0.15) is 30.0 Å². The van der Waals surface area contributed by atoms with Crippen molar-refractivity contribution < 1.29 is 5.11 Å². The standard InChI is InChI=1S/C16H19BrN4O/c1-10-12(17)3-2-4-13(10)19-15-9-14(11-5-6-11)20-16(21-15)18-7-8-22/h2-4,9,11,22H,5-8H2,1H3,(H2,18,19,20,21). The van der Waals surface area contributed by atoms with E-state index in [1.54, 1.807) is 0 Å². The van der Waals surface area contributed by atoms with E-state index in [0.29, 0.717) is 18.4 Å². The van der Waals surface area contributed by atoms with Gasteiger partial charge in [-0.15, -0.1) is 0 Å². The number of aliphatic hydroxyl groups excluding tert-OH is 1. The zero-order valence-electron chi connectivity index (χ0n) is 12.4. The van der Waals surface area contributed by atoms with E-state index in [4.69, 9.17) is 5.11 Å². The number of rotatable bonds is 6. The van der Waals surface area contributed by atoms with Crippen LogP contribution >= 0.6 is 15.9 Å². The maximum atomic E-state index is 8.95. The lowest BCUT2D eigenvalue weighted by molar-refractivity contribution is 0.311. The minimum Gasteiger partial charge on any atom is -0.395 e. The van der Waals surface area contributed by atoms with Gasteiger partial charge in [-0.2, -0.15) is 4.98 Å². The van der Waals surface area contributed by atoms with Crippen LogP contribution in [0.2, 0.25) is 0 Å². The van der Waals surface area contributed by atoms with E-state index < -0.39 is 0 Å². The molecule has 1 aliphatic rings. The molecule has 5 nitrogen and oxygen atoms in total. The summed E-state index contributed by atoms with van der Waals surface area (Å²) in [6.45, 7) is 2.56. The third-order valence-corrected chi connectivity index (χ3v) is 4.53. The molecule has 6 heteroatoms. The van der Waals surface area contributed by atoms with Crippen molar-refractivity contribution >= 4 is 33.4 Å². The van der Waals surface area contributed by atoms with Crippen molar-refractivity contribution in [3.05, 3.63) is 40.0 Å². The molecule has 1 aliphatic carbocycles. The van der Waals surface area contributed by atoms with E-state index in [2.05, 4.69) is 43.5 Å². The number of aromatic nitrogens is 2. The molecule has 1 saturated carbocycles. The second-order valence-corrected chi connectivity index (χ2v) is 6.32. The number of hydrogen-bond acceptors (Lipinski definition) is 5. The van der Waals surface area contributed by atoms with Crippen molar-refractivity contribution in [2.24, 2.45) is 0 Å². The Bertz CT molecular complexity index is 673. The molecule has 1 heterocycles. The smallest absolute Gasteiger partial charge is 0.224 e. The Balaban J connectivity index is 1.88. The highest BCUT2D eigenvalue weighted by Crippen LogP contribution is 2.40. The van der Waals surface area contributed by atoms with E-state index in [1.807, 2.05) is 24.3 Å². The van der Waals surface area contributed by atoms with Gasteiger partial charge in [0.15, 0.2) is 0 Å². The SMILES string of the molecule is Cc1c(Br)cccc1Nc1cc(C2CC2)nc(NCCO)n1. The Labute approximate surface area is 138 Å². The minimum absolute atomic E-state index is 0.0600. The van der Waals surface area contributed by atoms with Gasteiger partial charge in [-0.05, 0) is 37.5 Å². The van der Waals surface area contributed by atoms with Crippen molar-refractivity contribution in [3.63, 3.8) is 0 Å². The maximum Gasteiger partial charge on any atom is 0.224 e. The highest BCUT2D eigenvalue weighted by molar-refractivity contribution is 9.10. The molecular formula is C16H19BrN4O. The molecule has 3 rings (SSSR count). The van der Waals surface area contributed by atoms with Gasteiger partial charge >= 0.3 is 0 Å². The molecule has 0 atom stereocenters. The Morgan fingerprint density at radius 1 is 1.32 bits per heavy atom. The van der Waals surface area contributed by atoms with Crippen LogP contribution in [0.25, 0.3) is 0 Å². The van der Waals surface area contributed by atoms with Gasteiger partial charge in [-0.25, -0.2) is 4.98 Å². The first-order valence-corrected chi connectivity index (χ1v) is 8.22. The molecule has 1 fully saturated rings. The molecule has 0 spiro atoms. The lowest BCUT2D eigenvalue weighted by Gasteiger charge is -2.13. The van der Waals surface area contributed by atoms with Crippen LogP contribution in [0.15, 0.2) is 28.7 Å². The van der Waals surface area contributed by atoms with Crippen molar-refractivity contribution in [1.82, 2.24) is 9.97 Å². The van der Waals surface area contributed by atoms with Crippen molar-refractivity contribution in [2.45, 2.75) is 25.7 Å². The molecule has 116 valence electrons. The summed E-state index contributed by atoms with van der Waals surface area (Å²) in [5.74, 6) is 1.88.